The molecule has 3 aliphatic rings. The van der Waals surface area contributed by atoms with Gasteiger partial charge in [-0.2, -0.15) is 4.31 Å². The minimum absolute atomic E-state index is 0.130. The van der Waals surface area contributed by atoms with Crippen molar-refractivity contribution in [3.63, 3.8) is 0 Å². The average Bonchev–Trinajstić information content (AvgIpc) is 3.07. The van der Waals surface area contributed by atoms with Crippen LogP contribution in [-0.4, -0.2) is 78.9 Å². The van der Waals surface area contributed by atoms with Crippen molar-refractivity contribution in [1.29, 1.82) is 0 Å². The van der Waals surface area contributed by atoms with Crippen molar-refractivity contribution in [3.05, 3.63) is 11.5 Å². The molecule has 1 aromatic heterocycles. The molecule has 8 nitrogen and oxygen atoms in total. The molecule has 3 fully saturated rings. The Morgan fingerprint density at radius 3 is 2.41 bits per heavy atom. The van der Waals surface area contributed by atoms with Gasteiger partial charge in [0.2, 0.25) is 15.9 Å². The van der Waals surface area contributed by atoms with E-state index in [0.29, 0.717) is 50.2 Å². The van der Waals surface area contributed by atoms with Gasteiger partial charge in [0.15, 0.2) is 5.76 Å². The van der Waals surface area contributed by atoms with E-state index in [4.69, 9.17) is 4.52 Å². The van der Waals surface area contributed by atoms with Crippen LogP contribution in [0.5, 0.6) is 0 Å². The van der Waals surface area contributed by atoms with Crippen LogP contribution >= 0.6 is 0 Å². The number of piperidine rings is 1. The molecule has 3 heterocycles. The number of fused-ring (bicyclic) bond motifs is 1. The summed E-state index contributed by atoms with van der Waals surface area (Å²) in [5, 5.41) is 3.77. The highest BCUT2D eigenvalue weighted by atomic mass is 32.2. The van der Waals surface area contributed by atoms with Gasteiger partial charge in [0, 0.05) is 32.2 Å². The predicted octanol–water partition coefficient (Wildman–Crippen LogP) is 1.78. The van der Waals surface area contributed by atoms with E-state index in [1.165, 1.54) is 42.8 Å². The number of carbonyl (C=O) groups excluding carboxylic acids is 1. The van der Waals surface area contributed by atoms with Gasteiger partial charge in [-0.1, -0.05) is 18.0 Å². The quantitative estimate of drug-likeness (QED) is 0.732. The average molecular weight is 425 g/mol. The lowest BCUT2D eigenvalue weighted by Crippen LogP contribution is -2.55. The topological polar surface area (TPSA) is 87.0 Å². The van der Waals surface area contributed by atoms with Crippen molar-refractivity contribution < 1.29 is 17.7 Å². The molecule has 0 N–H and O–H groups in total. The number of carbonyl (C=O) groups is 1. The maximum Gasteiger partial charge on any atom is 0.248 e. The van der Waals surface area contributed by atoms with Crippen LogP contribution in [0.1, 0.15) is 50.0 Å². The van der Waals surface area contributed by atoms with Gasteiger partial charge in [-0.15, -0.1) is 0 Å². The molecule has 2 atom stereocenters. The highest BCUT2D eigenvalue weighted by molar-refractivity contribution is 7.89. The number of amides is 1. The summed E-state index contributed by atoms with van der Waals surface area (Å²) in [6.07, 6.45) is 7.58. The largest absolute Gasteiger partial charge is 0.360 e. The molecule has 2 unspecified atom stereocenters. The Morgan fingerprint density at radius 1 is 1.03 bits per heavy atom. The van der Waals surface area contributed by atoms with Crippen LogP contribution in [0.3, 0.4) is 0 Å². The lowest BCUT2D eigenvalue weighted by atomic mass is 9.78. The number of likely N-dealkylation sites (tertiary alicyclic amines) is 1. The van der Waals surface area contributed by atoms with Gasteiger partial charge in [0.05, 0.1) is 6.54 Å². The summed E-state index contributed by atoms with van der Waals surface area (Å²) in [7, 11) is -3.64. The predicted molar refractivity (Wildman–Crippen MR) is 108 cm³/mol. The van der Waals surface area contributed by atoms with Gasteiger partial charge in [0.25, 0.3) is 0 Å². The Hall–Kier alpha value is -1.45. The zero-order valence-electron chi connectivity index (χ0n) is 17.5. The van der Waals surface area contributed by atoms with Crippen LogP contribution in [-0.2, 0) is 14.8 Å². The third-order valence-electron chi connectivity index (χ3n) is 6.85. The second-order valence-electron chi connectivity index (χ2n) is 8.66. The first kappa shape index (κ1) is 20.8. The third-order valence-corrected chi connectivity index (χ3v) is 9.00. The van der Waals surface area contributed by atoms with Gasteiger partial charge in [-0.05, 0) is 52.0 Å². The second-order valence-corrected chi connectivity index (χ2v) is 10.5. The van der Waals surface area contributed by atoms with Crippen LogP contribution in [0.4, 0.5) is 0 Å². The summed E-state index contributed by atoms with van der Waals surface area (Å²) in [6.45, 7) is 6.22. The maximum absolute atomic E-state index is 13.0. The van der Waals surface area contributed by atoms with E-state index >= 15 is 0 Å². The highest BCUT2D eigenvalue weighted by Crippen LogP contribution is 2.35. The molecule has 4 rings (SSSR count). The van der Waals surface area contributed by atoms with E-state index in [1.807, 2.05) is 4.90 Å². The smallest absolute Gasteiger partial charge is 0.248 e. The number of hydrogen-bond acceptors (Lipinski definition) is 6. The van der Waals surface area contributed by atoms with Crippen molar-refractivity contribution in [2.45, 2.75) is 63.3 Å². The SMILES string of the molecule is Cc1noc(C)c1S(=O)(=O)N1CCN(C(=O)CN2CCCC3CCCCC32)CC1. The van der Waals surface area contributed by atoms with Crippen molar-refractivity contribution in [2.75, 3.05) is 39.3 Å². The van der Waals surface area contributed by atoms with E-state index in [-0.39, 0.29) is 10.8 Å². The van der Waals surface area contributed by atoms with Gasteiger partial charge < -0.3 is 9.42 Å². The molecule has 9 heteroatoms. The summed E-state index contributed by atoms with van der Waals surface area (Å²) in [6, 6.07) is 0.558. The molecule has 0 radical (unpaired) electrons. The highest BCUT2D eigenvalue weighted by Gasteiger charge is 2.37. The molecule has 1 aromatic rings. The first-order valence-corrected chi connectivity index (χ1v) is 12.3. The Kier molecular flexibility index (Phi) is 5.99. The summed E-state index contributed by atoms with van der Waals surface area (Å²) < 4.78 is 32.4. The van der Waals surface area contributed by atoms with Gasteiger partial charge >= 0.3 is 0 Å². The lowest BCUT2D eigenvalue weighted by Gasteiger charge is -2.44. The first-order chi connectivity index (χ1) is 13.9. The molecule has 0 spiro atoms. The fraction of sp³-hybridized carbons (Fsp3) is 0.800. The molecule has 1 aliphatic carbocycles. The Balaban J connectivity index is 1.35. The molecule has 2 aliphatic heterocycles. The van der Waals surface area contributed by atoms with Gasteiger partial charge in [-0.25, -0.2) is 8.42 Å². The standard InChI is InChI=1S/C20H32N4O4S/c1-15-20(16(2)28-21-15)29(26,27)24-12-10-22(11-13-24)19(25)14-23-9-5-7-17-6-3-4-8-18(17)23/h17-18H,3-14H2,1-2H3. The number of hydrogen-bond donors (Lipinski definition) is 0. The van der Waals surface area contributed by atoms with Crippen LogP contribution in [0.2, 0.25) is 0 Å². The normalized spacial score (nSPS) is 27.0. The van der Waals surface area contributed by atoms with Gasteiger partial charge in [0.1, 0.15) is 10.6 Å². The van der Waals surface area contributed by atoms with E-state index in [9.17, 15) is 13.2 Å². The molecule has 0 aromatic carbocycles. The summed E-state index contributed by atoms with van der Waals surface area (Å²) in [5.74, 6) is 1.20. The van der Waals surface area contributed by atoms with Crippen LogP contribution < -0.4 is 0 Å². The summed E-state index contributed by atoms with van der Waals surface area (Å²) >= 11 is 0. The van der Waals surface area contributed by atoms with E-state index in [1.54, 1.807) is 13.8 Å². The van der Waals surface area contributed by atoms with E-state index < -0.39 is 10.0 Å². The molecule has 0 bridgehead atoms. The Labute approximate surface area is 173 Å². The lowest BCUT2D eigenvalue weighted by molar-refractivity contribution is -0.135. The van der Waals surface area contributed by atoms with Crippen LogP contribution in [0.15, 0.2) is 9.42 Å². The molecule has 1 amide bonds. The number of aryl methyl sites for hydroxylation is 2. The minimum atomic E-state index is -3.64. The number of nitrogens with zero attached hydrogens (tertiary/aromatic N) is 4. The zero-order chi connectivity index (χ0) is 20.6. The minimum Gasteiger partial charge on any atom is -0.360 e. The third kappa shape index (κ3) is 4.09. The summed E-state index contributed by atoms with van der Waals surface area (Å²) in [5.41, 5.74) is 0.383. The molecular formula is C20H32N4O4S. The van der Waals surface area contributed by atoms with E-state index in [2.05, 4.69) is 10.1 Å². The molecule has 162 valence electrons. The number of rotatable bonds is 4. The van der Waals surface area contributed by atoms with Crippen LogP contribution in [0, 0.1) is 19.8 Å². The Morgan fingerprint density at radius 2 is 1.72 bits per heavy atom. The number of piperazine rings is 1. The molecule has 29 heavy (non-hydrogen) atoms. The molecule has 2 saturated heterocycles. The van der Waals surface area contributed by atoms with Crippen molar-refractivity contribution in [2.24, 2.45) is 5.92 Å². The molecule has 1 saturated carbocycles. The Bertz CT molecular complexity index is 823. The maximum atomic E-state index is 13.0. The molecular weight excluding hydrogens is 392 g/mol. The summed E-state index contributed by atoms with van der Waals surface area (Å²) in [4.78, 5) is 17.3. The number of sulfonamides is 1. The first-order valence-electron chi connectivity index (χ1n) is 10.8. The van der Waals surface area contributed by atoms with E-state index in [0.717, 1.165) is 12.5 Å². The second kappa shape index (κ2) is 8.35. The fourth-order valence-corrected chi connectivity index (χ4v) is 7.06. The van der Waals surface area contributed by atoms with Crippen molar-refractivity contribution in [3.8, 4) is 0 Å². The van der Waals surface area contributed by atoms with Crippen molar-refractivity contribution >= 4 is 15.9 Å². The zero-order valence-corrected chi connectivity index (χ0v) is 18.3. The van der Waals surface area contributed by atoms with Crippen molar-refractivity contribution in [1.82, 2.24) is 19.3 Å². The van der Waals surface area contributed by atoms with Gasteiger partial charge in [-0.3, -0.25) is 9.69 Å². The monoisotopic (exact) mass is 424 g/mol. The van der Waals surface area contributed by atoms with Crippen LogP contribution in [0.25, 0.3) is 0 Å². The fourth-order valence-electron chi connectivity index (χ4n) is 5.35. The number of aromatic nitrogens is 1.